The van der Waals surface area contributed by atoms with E-state index >= 15 is 0 Å². The summed E-state index contributed by atoms with van der Waals surface area (Å²) in [6.07, 6.45) is 0.653. The van der Waals surface area contributed by atoms with Crippen LogP contribution in [0.5, 0.6) is 0 Å². The quantitative estimate of drug-likeness (QED) is 0.575. The third-order valence-electron chi connectivity index (χ3n) is 1.87. The summed E-state index contributed by atoms with van der Waals surface area (Å²) in [5.74, 6) is 0.463. The van der Waals surface area contributed by atoms with Crippen molar-refractivity contribution < 1.29 is 4.79 Å². The molecule has 1 aromatic heterocycles. The van der Waals surface area contributed by atoms with Crippen LogP contribution < -0.4 is 0 Å². The average molecular weight is 219 g/mol. The zero-order valence-corrected chi connectivity index (χ0v) is 8.48. The molecule has 0 fully saturated rings. The van der Waals surface area contributed by atoms with E-state index < -0.39 is 0 Å². The molecule has 15 heavy (non-hydrogen) atoms. The van der Waals surface area contributed by atoms with E-state index in [0.29, 0.717) is 12.1 Å². The number of aldehydes is 1. The molecule has 0 aliphatic carbocycles. The smallest absolute Gasteiger partial charge is 0.168 e. The van der Waals surface area contributed by atoms with Gasteiger partial charge >= 0.3 is 0 Å². The van der Waals surface area contributed by atoms with Crippen molar-refractivity contribution in [3.8, 4) is 11.4 Å². The zero-order valence-electron chi connectivity index (χ0n) is 7.72. The van der Waals surface area contributed by atoms with E-state index in [1.165, 1.54) is 6.07 Å². The highest BCUT2D eigenvalue weighted by Gasteiger charge is 2.04. The Bertz CT molecular complexity index is 485. The first kappa shape index (κ1) is 9.80. The topological polar surface area (TPSA) is 42.9 Å². The molecule has 0 amide bonds. The van der Waals surface area contributed by atoms with Gasteiger partial charge in [-0.3, -0.25) is 4.79 Å². The summed E-state index contributed by atoms with van der Waals surface area (Å²) in [6.45, 7) is 0. The van der Waals surface area contributed by atoms with E-state index in [9.17, 15) is 4.79 Å². The number of halogens is 1. The number of benzene rings is 1. The molecule has 74 valence electrons. The van der Waals surface area contributed by atoms with E-state index in [1.807, 2.05) is 30.3 Å². The molecule has 0 aliphatic rings. The largest absolute Gasteiger partial charge is 0.296 e. The Labute approximate surface area is 91.8 Å². The number of rotatable bonds is 2. The first-order chi connectivity index (χ1) is 7.29. The minimum atomic E-state index is 0.269. The van der Waals surface area contributed by atoms with Crippen LogP contribution in [-0.2, 0) is 0 Å². The van der Waals surface area contributed by atoms with Gasteiger partial charge in [-0.25, -0.2) is 9.97 Å². The second-order valence-corrected chi connectivity index (χ2v) is 3.31. The van der Waals surface area contributed by atoms with Gasteiger partial charge in [-0.1, -0.05) is 41.9 Å². The van der Waals surface area contributed by atoms with Crippen molar-refractivity contribution in [2.24, 2.45) is 0 Å². The van der Waals surface area contributed by atoms with E-state index in [0.717, 1.165) is 5.56 Å². The van der Waals surface area contributed by atoms with Crippen LogP contribution in [0.2, 0.25) is 5.15 Å². The van der Waals surface area contributed by atoms with Gasteiger partial charge in [0.25, 0.3) is 0 Å². The molecule has 0 saturated carbocycles. The maximum absolute atomic E-state index is 10.6. The molecule has 1 heterocycles. The Morgan fingerprint density at radius 1 is 1.13 bits per heavy atom. The summed E-state index contributed by atoms with van der Waals surface area (Å²) in [4.78, 5) is 18.7. The number of aromatic nitrogens is 2. The molecule has 2 rings (SSSR count). The Hall–Kier alpha value is -1.74. The Morgan fingerprint density at radius 3 is 2.53 bits per heavy atom. The summed E-state index contributed by atoms with van der Waals surface area (Å²) in [7, 11) is 0. The monoisotopic (exact) mass is 218 g/mol. The van der Waals surface area contributed by atoms with Crippen molar-refractivity contribution in [1.82, 2.24) is 9.97 Å². The molecule has 0 unspecified atom stereocenters. The van der Waals surface area contributed by atoms with Crippen LogP contribution in [0.4, 0.5) is 0 Å². The minimum absolute atomic E-state index is 0.269. The van der Waals surface area contributed by atoms with E-state index in [2.05, 4.69) is 9.97 Å². The molecule has 0 N–H and O–H groups in total. The molecule has 1 aromatic carbocycles. The Morgan fingerprint density at radius 2 is 1.87 bits per heavy atom. The highest BCUT2D eigenvalue weighted by atomic mass is 35.5. The molecular weight excluding hydrogens is 212 g/mol. The van der Waals surface area contributed by atoms with Crippen LogP contribution >= 0.6 is 11.6 Å². The van der Waals surface area contributed by atoms with Gasteiger partial charge in [-0.2, -0.15) is 0 Å². The fraction of sp³-hybridized carbons (Fsp3) is 0. The Balaban J connectivity index is 2.53. The molecule has 0 bridgehead atoms. The predicted octanol–water partition coefficient (Wildman–Crippen LogP) is 2.61. The van der Waals surface area contributed by atoms with Crippen LogP contribution in [0.15, 0.2) is 36.4 Å². The van der Waals surface area contributed by atoms with Crippen LogP contribution in [0.1, 0.15) is 10.5 Å². The normalized spacial score (nSPS) is 9.93. The number of carbonyl (C=O) groups is 1. The highest BCUT2D eigenvalue weighted by molar-refractivity contribution is 6.29. The standard InChI is InChI=1S/C11H7ClN2O/c12-10-6-9(7-15)13-11(14-10)8-4-2-1-3-5-8/h1-7H. The predicted molar refractivity (Wildman–Crippen MR) is 57.9 cm³/mol. The molecule has 0 atom stereocenters. The summed E-state index contributed by atoms with van der Waals surface area (Å²) in [5, 5.41) is 0.269. The van der Waals surface area contributed by atoms with Crippen molar-refractivity contribution >= 4 is 17.9 Å². The highest BCUT2D eigenvalue weighted by Crippen LogP contribution is 2.16. The zero-order chi connectivity index (χ0) is 10.7. The van der Waals surface area contributed by atoms with Gasteiger partial charge in [0.15, 0.2) is 12.1 Å². The fourth-order valence-electron chi connectivity index (χ4n) is 1.21. The first-order valence-electron chi connectivity index (χ1n) is 4.35. The summed E-state index contributed by atoms with van der Waals surface area (Å²) >= 11 is 5.77. The number of hydrogen-bond acceptors (Lipinski definition) is 3. The van der Waals surface area contributed by atoms with Gasteiger partial charge in [0.05, 0.1) is 0 Å². The van der Waals surface area contributed by atoms with Gasteiger partial charge < -0.3 is 0 Å². The molecule has 0 aliphatic heterocycles. The SMILES string of the molecule is O=Cc1cc(Cl)nc(-c2ccccc2)n1. The van der Waals surface area contributed by atoms with E-state index in [-0.39, 0.29) is 10.8 Å². The second-order valence-electron chi connectivity index (χ2n) is 2.92. The molecule has 3 nitrogen and oxygen atoms in total. The number of nitrogens with zero attached hydrogens (tertiary/aromatic N) is 2. The third-order valence-corrected chi connectivity index (χ3v) is 2.06. The van der Waals surface area contributed by atoms with Crippen LogP contribution in [0, 0.1) is 0 Å². The van der Waals surface area contributed by atoms with Gasteiger partial charge in [0.2, 0.25) is 0 Å². The minimum Gasteiger partial charge on any atom is -0.296 e. The van der Waals surface area contributed by atoms with Crippen molar-refractivity contribution in [3.05, 3.63) is 47.2 Å². The van der Waals surface area contributed by atoms with Gasteiger partial charge in [-0.05, 0) is 0 Å². The van der Waals surface area contributed by atoms with Crippen molar-refractivity contribution in [2.45, 2.75) is 0 Å². The molecule has 0 saturated heterocycles. The van der Waals surface area contributed by atoms with Crippen LogP contribution in [-0.4, -0.2) is 16.3 Å². The van der Waals surface area contributed by atoms with Crippen molar-refractivity contribution in [2.75, 3.05) is 0 Å². The lowest BCUT2D eigenvalue weighted by atomic mass is 10.2. The summed E-state index contributed by atoms with van der Waals surface area (Å²) < 4.78 is 0. The summed E-state index contributed by atoms with van der Waals surface area (Å²) in [6, 6.07) is 10.8. The van der Waals surface area contributed by atoms with Gasteiger partial charge in [0.1, 0.15) is 10.8 Å². The van der Waals surface area contributed by atoms with E-state index in [1.54, 1.807) is 0 Å². The lowest BCUT2D eigenvalue weighted by Gasteiger charge is -2.00. The molecule has 0 spiro atoms. The molecular formula is C11H7ClN2O. The average Bonchev–Trinajstić information content (AvgIpc) is 2.29. The Kier molecular flexibility index (Phi) is 2.74. The third kappa shape index (κ3) is 2.19. The number of hydrogen-bond donors (Lipinski definition) is 0. The van der Waals surface area contributed by atoms with Crippen LogP contribution in [0.3, 0.4) is 0 Å². The van der Waals surface area contributed by atoms with E-state index in [4.69, 9.17) is 11.6 Å². The number of carbonyl (C=O) groups excluding carboxylic acids is 1. The van der Waals surface area contributed by atoms with Gasteiger partial charge in [-0.15, -0.1) is 0 Å². The second kappa shape index (κ2) is 4.19. The fourth-order valence-corrected chi connectivity index (χ4v) is 1.40. The first-order valence-corrected chi connectivity index (χ1v) is 4.72. The molecule has 2 aromatic rings. The lowest BCUT2D eigenvalue weighted by molar-refractivity contribution is 0.111. The van der Waals surface area contributed by atoms with Gasteiger partial charge in [0, 0.05) is 11.6 Å². The maximum atomic E-state index is 10.6. The van der Waals surface area contributed by atoms with Crippen molar-refractivity contribution in [3.63, 3.8) is 0 Å². The lowest BCUT2D eigenvalue weighted by Crippen LogP contribution is -1.94. The van der Waals surface area contributed by atoms with Crippen LogP contribution in [0.25, 0.3) is 11.4 Å². The molecule has 4 heteroatoms. The van der Waals surface area contributed by atoms with Crippen molar-refractivity contribution in [1.29, 1.82) is 0 Å². The summed E-state index contributed by atoms with van der Waals surface area (Å²) in [5.41, 5.74) is 1.12. The molecule has 0 radical (unpaired) electrons. The maximum Gasteiger partial charge on any atom is 0.168 e.